The Hall–Kier alpha value is -1.81. The van der Waals surface area contributed by atoms with E-state index in [9.17, 15) is 4.79 Å². The first-order valence-corrected chi connectivity index (χ1v) is 10.4. The highest BCUT2D eigenvalue weighted by atomic mass is 127. The Balaban J connectivity index is 0.00000300. The molecule has 1 aromatic heterocycles. The van der Waals surface area contributed by atoms with E-state index in [1.165, 1.54) is 16.0 Å². The molecule has 8 heteroatoms. The molecule has 0 unspecified atom stereocenters. The van der Waals surface area contributed by atoms with Crippen LogP contribution >= 0.6 is 35.3 Å². The summed E-state index contributed by atoms with van der Waals surface area (Å²) in [5.41, 5.74) is 2.47. The number of halogens is 1. The van der Waals surface area contributed by atoms with Crippen molar-refractivity contribution in [3.63, 3.8) is 0 Å². The molecule has 29 heavy (non-hydrogen) atoms. The Morgan fingerprint density at radius 2 is 2.07 bits per heavy atom. The third-order valence-corrected chi connectivity index (χ3v) is 5.96. The van der Waals surface area contributed by atoms with E-state index in [1.54, 1.807) is 25.5 Å². The molecule has 0 saturated carbocycles. The molecule has 0 atom stereocenters. The van der Waals surface area contributed by atoms with Gasteiger partial charge in [0.15, 0.2) is 5.96 Å². The van der Waals surface area contributed by atoms with Gasteiger partial charge in [0, 0.05) is 51.6 Å². The Bertz CT molecular complexity index is 822. The van der Waals surface area contributed by atoms with Gasteiger partial charge in [-0.2, -0.15) is 0 Å². The molecular formula is C21H29IN4O2S. The van der Waals surface area contributed by atoms with Crippen molar-refractivity contribution in [3.05, 3.63) is 51.7 Å². The van der Waals surface area contributed by atoms with Crippen LogP contribution in [0.3, 0.4) is 0 Å². The second-order valence-electron chi connectivity index (χ2n) is 6.86. The number of methoxy groups -OCH3 is 1. The number of amides is 1. The van der Waals surface area contributed by atoms with Crippen molar-refractivity contribution < 1.29 is 9.53 Å². The van der Waals surface area contributed by atoms with Gasteiger partial charge < -0.3 is 19.9 Å². The Kier molecular flexibility index (Phi) is 9.22. The van der Waals surface area contributed by atoms with Gasteiger partial charge in [-0.15, -0.1) is 35.3 Å². The Labute approximate surface area is 194 Å². The van der Waals surface area contributed by atoms with Gasteiger partial charge in [0.2, 0.25) is 5.91 Å². The number of thiophene rings is 1. The largest absolute Gasteiger partial charge is 0.497 e. The van der Waals surface area contributed by atoms with E-state index in [2.05, 4.69) is 21.8 Å². The normalized spacial score (nSPS) is 13.3. The third-order valence-electron chi connectivity index (χ3n) is 4.93. The van der Waals surface area contributed by atoms with Gasteiger partial charge in [-0.1, -0.05) is 12.1 Å². The van der Waals surface area contributed by atoms with Crippen LogP contribution in [0.4, 0.5) is 0 Å². The molecule has 1 aliphatic heterocycles. The van der Waals surface area contributed by atoms with E-state index in [0.717, 1.165) is 37.8 Å². The van der Waals surface area contributed by atoms with Crippen LogP contribution in [0.15, 0.2) is 40.7 Å². The van der Waals surface area contributed by atoms with Crippen molar-refractivity contribution >= 4 is 47.2 Å². The molecule has 1 amide bonds. The van der Waals surface area contributed by atoms with Crippen molar-refractivity contribution in [2.45, 2.75) is 25.9 Å². The van der Waals surface area contributed by atoms with Crippen LogP contribution in [0.2, 0.25) is 0 Å². The highest BCUT2D eigenvalue weighted by molar-refractivity contribution is 14.0. The van der Waals surface area contributed by atoms with E-state index in [1.807, 2.05) is 41.1 Å². The van der Waals surface area contributed by atoms with Crippen molar-refractivity contribution in [2.24, 2.45) is 4.99 Å². The van der Waals surface area contributed by atoms with E-state index >= 15 is 0 Å². The van der Waals surface area contributed by atoms with Crippen LogP contribution in [-0.4, -0.2) is 56.0 Å². The number of carbonyl (C=O) groups excluding carboxylic acids is 1. The lowest BCUT2D eigenvalue weighted by atomic mass is 10.1. The van der Waals surface area contributed by atoms with Gasteiger partial charge in [0.25, 0.3) is 0 Å². The van der Waals surface area contributed by atoms with Gasteiger partial charge in [0.05, 0.1) is 7.11 Å². The van der Waals surface area contributed by atoms with Crippen LogP contribution < -0.4 is 10.1 Å². The molecule has 6 nitrogen and oxygen atoms in total. The number of aliphatic imine (C=N–C) groups is 1. The minimum Gasteiger partial charge on any atom is -0.497 e. The topological polar surface area (TPSA) is 57.2 Å². The van der Waals surface area contributed by atoms with Crippen molar-refractivity contribution in [1.29, 1.82) is 0 Å². The molecule has 0 radical (unpaired) electrons. The van der Waals surface area contributed by atoms with Crippen molar-refractivity contribution in [1.82, 2.24) is 15.1 Å². The molecular weight excluding hydrogens is 499 g/mol. The summed E-state index contributed by atoms with van der Waals surface area (Å²) in [5.74, 6) is 1.82. The fraction of sp³-hybridized carbons (Fsp3) is 0.429. The number of nitrogens with one attached hydrogen (secondary N) is 1. The van der Waals surface area contributed by atoms with E-state index in [-0.39, 0.29) is 29.9 Å². The SMILES string of the molecule is CN=C(NCCC(=O)N1CCc2sccc2C1)N(C)Cc1ccc(OC)cc1.I. The standard InChI is InChI=1S/C21H28N4O2S.HI/c1-22-21(24(2)14-16-4-6-18(27-3)7-5-16)23-11-8-20(26)25-12-9-19-17(15-25)10-13-28-19;/h4-7,10,13H,8-9,11-12,14-15H2,1-3H3,(H,22,23);1H. The molecule has 0 bridgehead atoms. The van der Waals surface area contributed by atoms with Crippen LogP contribution in [0, 0.1) is 0 Å². The summed E-state index contributed by atoms with van der Waals surface area (Å²) in [5, 5.41) is 5.42. The maximum Gasteiger partial charge on any atom is 0.224 e. The summed E-state index contributed by atoms with van der Waals surface area (Å²) < 4.78 is 5.20. The first-order valence-electron chi connectivity index (χ1n) is 9.48. The monoisotopic (exact) mass is 528 g/mol. The molecule has 0 aliphatic carbocycles. The fourth-order valence-corrected chi connectivity index (χ4v) is 4.25. The Morgan fingerprint density at radius 3 is 2.76 bits per heavy atom. The fourth-order valence-electron chi connectivity index (χ4n) is 3.37. The van der Waals surface area contributed by atoms with E-state index in [4.69, 9.17) is 4.74 Å². The van der Waals surface area contributed by atoms with Gasteiger partial charge in [-0.25, -0.2) is 0 Å². The summed E-state index contributed by atoms with van der Waals surface area (Å²) in [6.45, 7) is 2.86. The number of nitrogens with zero attached hydrogens (tertiary/aromatic N) is 3. The van der Waals surface area contributed by atoms with Gasteiger partial charge >= 0.3 is 0 Å². The minimum atomic E-state index is 0. The molecule has 0 saturated heterocycles. The number of ether oxygens (including phenoxy) is 1. The van der Waals surface area contributed by atoms with Crippen LogP contribution in [0.5, 0.6) is 5.75 Å². The lowest BCUT2D eigenvalue weighted by Crippen LogP contribution is -2.41. The number of carbonyl (C=O) groups is 1. The number of fused-ring (bicyclic) bond motifs is 1. The van der Waals surface area contributed by atoms with Gasteiger partial charge in [0.1, 0.15) is 5.75 Å². The number of hydrogen-bond donors (Lipinski definition) is 1. The number of hydrogen-bond acceptors (Lipinski definition) is 4. The van der Waals surface area contributed by atoms with Crippen molar-refractivity contribution in [2.75, 3.05) is 34.3 Å². The predicted molar refractivity (Wildman–Crippen MR) is 129 cm³/mol. The summed E-state index contributed by atoms with van der Waals surface area (Å²) in [6, 6.07) is 10.1. The van der Waals surface area contributed by atoms with E-state index in [0.29, 0.717) is 13.0 Å². The molecule has 2 aromatic rings. The predicted octanol–water partition coefficient (Wildman–Crippen LogP) is 3.36. The lowest BCUT2D eigenvalue weighted by molar-refractivity contribution is -0.131. The number of rotatable bonds is 6. The quantitative estimate of drug-likeness (QED) is 0.355. The summed E-state index contributed by atoms with van der Waals surface area (Å²) in [4.78, 5) is 22.3. The first-order chi connectivity index (χ1) is 13.6. The smallest absolute Gasteiger partial charge is 0.224 e. The second-order valence-corrected chi connectivity index (χ2v) is 7.86. The Morgan fingerprint density at radius 1 is 1.31 bits per heavy atom. The van der Waals surface area contributed by atoms with Crippen molar-refractivity contribution in [3.8, 4) is 5.75 Å². The number of guanidine groups is 1. The van der Waals surface area contributed by atoms with Crippen LogP contribution in [0.25, 0.3) is 0 Å². The van der Waals surface area contributed by atoms with E-state index < -0.39 is 0 Å². The summed E-state index contributed by atoms with van der Waals surface area (Å²) in [6.07, 6.45) is 1.44. The summed E-state index contributed by atoms with van der Waals surface area (Å²) in [7, 11) is 5.42. The zero-order valence-electron chi connectivity index (χ0n) is 17.2. The van der Waals surface area contributed by atoms with Gasteiger partial charge in [-0.3, -0.25) is 9.79 Å². The lowest BCUT2D eigenvalue weighted by Gasteiger charge is -2.27. The van der Waals surface area contributed by atoms with Crippen LogP contribution in [0.1, 0.15) is 22.4 Å². The number of benzene rings is 1. The first kappa shape index (κ1) is 23.5. The minimum absolute atomic E-state index is 0. The molecule has 1 N–H and O–H groups in total. The molecule has 1 aromatic carbocycles. The van der Waals surface area contributed by atoms with Gasteiger partial charge in [-0.05, 0) is 41.1 Å². The molecule has 0 spiro atoms. The third kappa shape index (κ3) is 6.33. The maximum absolute atomic E-state index is 12.5. The zero-order chi connectivity index (χ0) is 19.9. The zero-order valence-corrected chi connectivity index (χ0v) is 20.3. The molecule has 3 rings (SSSR count). The molecule has 2 heterocycles. The maximum atomic E-state index is 12.5. The summed E-state index contributed by atoms with van der Waals surface area (Å²) >= 11 is 1.79. The average molecular weight is 528 g/mol. The second kappa shape index (κ2) is 11.4. The highest BCUT2D eigenvalue weighted by Crippen LogP contribution is 2.24. The van der Waals surface area contributed by atoms with Crippen LogP contribution in [-0.2, 0) is 24.3 Å². The molecule has 158 valence electrons. The molecule has 1 aliphatic rings. The highest BCUT2D eigenvalue weighted by Gasteiger charge is 2.21. The average Bonchev–Trinajstić information content (AvgIpc) is 3.19. The molecule has 0 fully saturated rings.